The van der Waals surface area contributed by atoms with Gasteiger partial charge in [0.15, 0.2) is 0 Å². The van der Waals surface area contributed by atoms with Crippen molar-refractivity contribution in [2.75, 3.05) is 38.6 Å². The van der Waals surface area contributed by atoms with Gasteiger partial charge in [-0.3, -0.25) is 4.98 Å². The zero-order chi connectivity index (χ0) is 17.6. The molecule has 5 heteroatoms. The summed E-state index contributed by atoms with van der Waals surface area (Å²) in [6, 6.07) is 6.22. The molecule has 0 bridgehead atoms. The molecule has 0 saturated carbocycles. The molecule has 0 aliphatic heterocycles. The van der Waals surface area contributed by atoms with E-state index in [-0.39, 0.29) is 12.4 Å². The molecule has 1 aliphatic carbocycles. The van der Waals surface area contributed by atoms with Crippen molar-refractivity contribution in [2.45, 2.75) is 46.0 Å². The maximum absolute atomic E-state index is 5.45. The predicted molar refractivity (Wildman–Crippen MR) is 113 cm³/mol. The van der Waals surface area contributed by atoms with E-state index < -0.39 is 0 Å². The predicted octanol–water partition coefficient (Wildman–Crippen LogP) is 4.69. The normalized spacial score (nSPS) is 13.4. The van der Waals surface area contributed by atoms with Crippen LogP contribution in [0, 0.1) is 0 Å². The number of pyridine rings is 1. The largest absolute Gasteiger partial charge is 0.497 e. The van der Waals surface area contributed by atoms with E-state index in [1.54, 1.807) is 7.11 Å². The number of nitrogens with one attached hydrogen (secondary N) is 1. The van der Waals surface area contributed by atoms with E-state index in [9.17, 15) is 0 Å². The molecule has 1 N–H and O–H groups in total. The van der Waals surface area contributed by atoms with Crippen LogP contribution in [0.25, 0.3) is 10.9 Å². The third kappa shape index (κ3) is 4.60. The van der Waals surface area contributed by atoms with Crippen molar-refractivity contribution in [2.24, 2.45) is 0 Å². The average Bonchev–Trinajstić information content (AvgIpc) is 2.67. The van der Waals surface area contributed by atoms with Crippen LogP contribution in [0.3, 0.4) is 0 Å². The van der Waals surface area contributed by atoms with Crippen LogP contribution in [0.5, 0.6) is 5.75 Å². The van der Waals surface area contributed by atoms with Gasteiger partial charge in [-0.2, -0.15) is 0 Å². The summed E-state index contributed by atoms with van der Waals surface area (Å²) in [5.41, 5.74) is 5.08. The number of nitrogens with zero attached hydrogens (tertiary/aromatic N) is 2. The Morgan fingerprint density at radius 1 is 1.15 bits per heavy atom. The molecule has 0 fully saturated rings. The van der Waals surface area contributed by atoms with Gasteiger partial charge in [0.05, 0.1) is 12.6 Å². The molecule has 1 heterocycles. The minimum atomic E-state index is 0. The SMILES string of the molecule is CCN(CC)CCCNc1c2c(nc3ccc(OC)cc13)CCCC2.Cl. The number of hydrogen-bond donors (Lipinski definition) is 1. The van der Waals surface area contributed by atoms with Crippen molar-refractivity contribution in [3.63, 3.8) is 0 Å². The highest BCUT2D eigenvalue weighted by Gasteiger charge is 2.18. The number of benzene rings is 1. The number of aromatic nitrogens is 1. The number of halogens is 1. The molecule has 0 saturated heterocycles. The highest BCUT2D eigenvalue weighted by atomic mass is 35.5. The van der Waals surface area contributed by atoms with Crippen LogP contribution in [-0.2, 0) is 12.8 Å². The molecular weight excluding hydrogens is 346 g/mol. The summed E-state index contributed by atoms with van der Waals surface area (Å²) in [5.74, 6) is 0.899. The Bertz CT molecular complexity index is 716. The van der Waals surface area contributed by atoms with Crippen LogP contribution in [0.15, 0.2) is 18.2 Å². The van der Waals surface area contributed by atoms with E-state index >= 15 is 0 Å². The molecule has 0 unspecified atom stereocenters. The summed E-state index contributed by atoms with van der Waals surface area (Å²) in [5, 5.41) is 4.95. The molecule has 0 radical (unpaired) electrons. The Morgan fingerprint density at radius 2 is 1.92 bits per heavy atom. The van der Waals surface area contributed by atoms with Gasteiger partial charge >= 0.3 is 0 Å². The van der Waals surface area contributed by atoms with E-state index in [2.05, 4.69) is 36.2 Å². The summed E-state index contributed by atoms with van der Waals surface area (Å²) in [4.78, 5) is 7.41. The van der Waals surface area contributed by atoms with E-state index in [1.807, 2.05) is 6.07 Å². The maximum Gasteiger partial charge on any atom is 0.119 e. The van der Waals surface area contributed by atoms with Crippen molar-refractivity contribution in [1.82, 2.24) is 9.88 Å². The van der Waals surface area contributed by atoms with Crippen LogP contribution in [0.4, 0.5) is 5.69 Å². The Morgan fingerprint density at radius 3 is 2.65 bits per heavy atom. The quantitative estimate of drug-likeness (QED) is 0.677. The zero-order valence-corrected chi connectivity index (χ0v) is 17.1. The van der Waals surface area contributed by atoms with Crippen LogP contribution in [0.2, 0.25) is 0 Å². The van der Waals surface area contributed by atoms with Crippen molar-refractivity contribution < 1.29 is 4.74 Å². The first-order valence-corrected chi connectivity index (χ1v) is 9.72. The fraction of sp³-hybridized carbons (Fsp3) is 0.571. The summed E-state index contributed by atoms with van der Waals surface area (Å²) >= 11 is 0. The molecule has 1 aliphatic rings. The van der Waals surface area contributed by atoms with E-state index in [4.69, 9.17) is 9.72 Å². The van der Waals surface area contributed by atoms with Crippen LogP contribution < -0.4 is 10.1 Å². The fourth-order valence-electron chi connectivity index (χ4n) is 3.79. The zero-order valence-electron chi connectivity index (χ0n) is 16.3. The molecule has 4 nitrogen and oxygen atoms in total. The number of rotatable bonds is 8. The lowest BCUT2D eigenvalue weighted by atomic mass is 9.92. The Labute approximate surface area is 163 Å². The number of ether oxygens (including phenoxy) is 1. The monoisotopic (exact) mass is 377 g/mol. The average molecular weight is 378 g/mol. The van der Waals surface area contributed by atoms with Gasteiger partial charge in [0.1, 0.15) is 5.75 Å². The van der Waals surface area contributed by atoms with Crippen LogP contribution in [-0.4, -0.2) is 43.2 Å². The molecule has 0 amide bonds. The van der Waals surface area contributed by atoms with Gasteiger partial charge < -0.3 is 15.0 Å². The summed E-state index contributed by atoms with van der Waals surface area (Å²) in [6.07, 6.45) is 5.91. The van der Waals surface area contributed by atoms with Crippen molar-refractivity contribution in [3.8, 4) is 5.75 Å². The number of anilines is 1. The lowest BCUT2D eigenvalue weighted by Crippen LogP contribution is -2.25. The minimum absolute atomic E-state index is 0. The molecule has 26 heavy (non-hydrogen) atoms. The lowest BCUT2D eigenvalue weighted by Gasteiger charge is -2.23. The van der Waals surface area contributed by atoms with Gasteiger partial charge in [0.25, 0.3) is 0 Å². The Balaban J connectivity index is 0.00000243. The van der Waals surface area contributed by atoms with Crippen LogP contribution >= 0.6 is 12.4 Å². The Kier molecular flexibility index (Phi) is 7.98. The van der Waals surface area contributed by atoms with Crippen molar-refractivity contribution >= 4 is 29.0 Å². The van der Waals surface area contributed by atoms with E-state index in [0.29, 0.717) is 0 Å². The molecule has 1 aromatic heterocycles. The number of hydrogen-bond acceptors (Lipinski definition) is 4. The summed E-state index contributed by atoms with van der Waals surface area (Å²) < 4.78 is 5.45. The minimum Gasteiger partial charge on any atom is -0.497 e. The highest BCUT2D eigenvalue weighted by molar-refractivity contribution is 5.94. The second-order valence-corrected chi connectivity index (χ2v) is 6.81. The first-order chi connectivity index (χ1) is 12.3. The maximum atomic E-state index is 5.45. The molecule has 144 valence electrons. The second kappa shape index (κ2) is 9.98. The molecule has 0 spiro atoms. The van der Waals surface area contributed by atoms with Gasteiger partial charge in [-0.15, -0.1) is 12.4 Å². The van der Waals surface area contributed by atoms with Gasteiger partial charge in [0.2, 0.25) is 0 Å². The molecule has 2 aromatic rings. The Hall–Kier alpha value is -1.52. The van der Waals surface area contributed by atoms with Gasteiger partial charge in [-0.25, -0.2) is 0 Å². The van der Waals surface area contributed by atoms with Gasteiger partial charge in [-0.1, -0.05) is 13.8 Å². The van der Waals surface area contributed by atoms with Crippen LogP contribution in [0.1, 0.15) is 44.4 Å². The smallest absolute Gasteiger partial charge is 0.119 e. The lowest BCUT2D eigenvalue weighted by molar-refractivity contribution is 0.303. The standard InChI is InChI=1S/C21H31N3O.ClH/c1-4-24(5-2)14-8-13-22-21-17-9-6-7-10-19(17)23-20-12-11-16(25-3)15-18(20)21;/h11-12,15H,4-10,13-14H2,1-3H3,(H,22,23);1H. The molecule has 1 aromatic carbocycles. The molecule has 0 atom stereocenters. The second-order valence-electron chi connectivity index (χ2n) is 6.81. The fourth-order valence-corrected chi connectivity index (χ4v) is 3.79. The molecule has 3 rings (SSSR count). The van der Waals surface area contributed by atoms with Gasteiger partial charge in [-0.05, 0) is 75.5 Å². The van der Waals surface area contributed by atoms with E-state index in [0.717, 1.165) is 56.7 Å². The highest BCUT2D eigenvalue weighted by Crippen LogP contribution is 2.35. The summed E-state index contributed by atoms with van der Waals surface area (Å²) in [7, 11) is 1.73. The number of fused-ring (bicyclic) bond motifs is 2. The number of aryl methyl sites for hydroxylation is 1. The number of methoxy groups -OCH3 is 1. The first kappa shape index (κ1) is 20.8. The third-order valence-electron chi connectivity index (χ3n) is 5.32. The topological polar surface area (TPSA) is 37.4 Å². The van der Waals surface area contributed by atoms with Crippen molar-refractivity contribution in [3.05, 3.63) is 29.5 Å². The summed E-state index contributed by atoms with van der Waals surface area (Å²) in [6.45, 7) is 8.86. The van der Waals surface area contributed by atoms with Gasteiger partial charge in [0, 0.05) is 23.3 Å². The van der Waals surface area contributed by atoms with E-state index in [1.165, 1.54) is 35.2 Å². The van der Waals surface area contributed by atoms with Crippen molar-refractivity contribution in [1.29, 1.82) is 0 Å². The first-order valence-electron chi connectivity index (χ1n) is 9.72. The third-order valence-corrected chi connectivity index (χ3v) is 5.32. The molecular formula is C21H32ClN3O.